The lowest BCUT2D eigenvalue weighted by Crippen LogP contribution is -2.43. The molecular weight excluding hydrogens is 1220 g/mol. The Morgan fingerprint density at radius 1 is 0.527 bits per heavy atom. The molecule has 476 valence electrons. The molecule has 2 saturated heterocycles. The summed E-state index contributed by atoms with van der Waals surface area (Å²) in [6.07, 6.45) is 17.2. The number of carboxylic acid groups (broad SMARTS) is 1. The van der Waals surface area contributed by atoms with Crippen LogP contribution in [0.1, 0.15) is 106 Å². The number of rotatable bonds is 18. The zero-order valence-electron chi connectivity index (χ0n) is 50.7. The van der Waals surface area contributed by atoms with Crippen molar-refractivity contribution in [2.24, 2.45) is 16.8 Å². The number of ether oxygens (including phenoxy) is 2. The quantitative estimate of drug-likeness (QED) is 0.0585. The molecule has 0 saturated carbocycles. The van der Waals surface area contributed by atoms with Gasteiger partial charge in [0.05, 0.1) is 13.2 Å². The molecule has 0 atom stereocenters. The number of carbonyl (C=O) groups excluding carboxylic acids is 5. The van der Waals surface area contributed by atoms with Crippen LogP contribution < -0.4 is 16.0 Å². The van der Waals surface area contributed by atoms with Crippen LogP contribution in [0.15, 0.2) is 188 Å². The van der Waals surface area contributed by atoms with E-state index >= 15 is 0 Å². The van der Waals surface area contributed by atoms with Gasteiger partial charge in [-0.2, -0.15) is 0 Å². The summed E-state index contributed by atoms with van der Waals surface area (Å²) in [5.41, 5.74) is 5.81. The third-order valence-electron chi connectivity index (χ3n) is 14.4. The molecule has 0 spiro atoms. The second kappa shape index (κ2) is 37.1. The van der Waals surface area contributed by atoms with Gasteiger partial charge in [-0.25, -0.2) is 29.3 Å². The average Bonchev–Trinajstić information content (AvgIpc) is 2.04. The molecule has 20 nitrogen and oxygen atoms in total. The standard InChI is InChI=1S/C24H25ClN4O2.C13H13ClN2O2.C13H18N2O.C11H9ClN2O2.C7H9NO2/c25-21-8-6-19(7-9-21)17-29-15-12-26-22(29)24(31)28-13-10-20(11-14-28)23(30)27-16-18-4-2-1-3-5-18;1-2-18-13(17)12-15-7-8-16(12)9-10-3-5-11(14)6-4-10;16-13(12-6-8-14-9-7-12)15-10-11-4-2-1-3-5-11;12-9-3-1-8(2-4-9)7-14-6-5-13-10(14)11(15)16;1-2-10-7(9)6-4-3-5-8-6/h1-9,12,15,20H,10-11,13-14,16-17H2,(H,27,30);3-8H,2,9H2,1H3;1-5,12,14H,6-10H2,(H,15,16);1-6H,7H2,(H,15,16);3,5H,2,4H2,1H3. The first kappa shape index (κ1) is 69.3. The first-order valence-electron chi connectivity index (χ1n) is 29.9. The summed E-state index contributed by atoms with van der Waals surface area (Å²) in [5.74, 6) is -0.675. The molecule has 6 heterocycles. The average molecular weight is 1300 g/mol. The fraction of sp³-hybridized carbons (Fsp3) is 0.294. The van der Waals surface area contributed by atoms with Gasteiger partial charge in [-0.3, -0.25) is 19.4 Å². The minimum absolute atomic E-state index is 0.0370. The zero-order valence-corrected chi connectivity index (χ0v) is 53.0. The Hall–Kier alpha value is -9.21. The number of piperidine rings is 2. The van der Waals surface area contributed by atoms with Crippen LogP contribution in [-0.4, -0.2) is 119 Å². The number of hydrogen-bond acceptors (Lipinski definition) is 13. The summed E-state index contributed by atoms with van der Waals surface area (Å²) in [7, 11) is 0. The lowest BCUT2D eigenvalue weighted by molar-refractivity contribution is -0.135. The number of allylic oxidation sites excluding steroid dienone is 1. The number of nitrogens with one attached hydrogen (secondary N) is 3. The number of aromatic nitrogens is 6. The first-order valence-corrected chi connectivity index (χ1v) is 31.0. The molecule has 3 amide bonds. The van der Waals surface area contributed by atoms with Crippen molar-refractivity contribution in [2.75, 3.05) is 39.4 Å². The summed E-state index contributed by atoms with van der Waals surface area (Å²) >= 11 is 17.5. The number of imidazole rings is 3. The zero-order chi connectivity index (χ0) is 64.7. The highest BCUT2D eigenvalue weighted by atomic mass is 35.5. The summed E-state index contributed by atoms with van der Waals surface area (Å²) in [6, 6.07) is 42.2. The lowest BCUT2D eigenvalue weighted by atomic mass is 9.95. The number of likely N-dealkylation sites (tertiary alicyclic amines) is 1. The number of carbonyl (C=O) groups is 6. The van der Waals surface area contributed by atoms with E-state index in [1.54, 1.807) is 71.0 Å². The van der Waals surface area contributed by atoms with Gasteiger partial charge in [0.2, 0.25) is 23.5 Å². The van der Waals surface area contributed by atoms with E-state index in [0.717, 1.165) is 53.7 Å². The number of nitrogens with zero attached hydrogens (tertiary/aromatic N) is 8. The van der Waals surface area contributed by atoms with Crippen LogP contribution in [0.3, 0.4) is 0 Å². The number of aliphatic imine (C=N–C) groups is 1. The maximum Gasteiger partial charge on any atom is 0.374 e. The fourth-order valence-electron chi connectivity index (χ4n) is 9.59. The van der Waals surface area contributed by atoms with Crippen LogP contribution in [-0.2, 0) is 56.6 Å². The van der Waals surface area contributed by atoms with E-state index in [2.05, 4.69) is 35.9 Å². The number of amides is 3. The number of esters is 2. The number of halogens is 3. The summed E-state index contributed by atoms with van der Waals surface area (Å²) in [5, 5.41) is 20.2. The van der Waals surface area contributed by atoms with Crippen LogP contribution in [0.4, 0.5) is 0 Å². The minimum Gasteiger partial charge on any atom is -0.475 e. The van der Waals surface area contributed by atoms with Crippen LogP contribution in [0.5, 0.6) is 0 Å². The highest BCUT2D eigenvalue weighted by Crippen LogP contribution is 2.21. The highest BCUT2D eigenvalue weighted by molar-refractivity contribution is 6.37. The van der Waals surface area contributed by atoms with E-state index in [9.17, 15) is 28.8 Å². The second-order valence-electron chi connectivity index (χ2n) is 20.9. The Bertz CT molecular complexity index is 3640. The first-order chi connectivity index (χ1) is 44.2. The molecule has 3 aromatic heterocycles. The molecule has 4 N–H and O–H groups in total. The van der Waals surface area contributed by atoms with E-state index < -0.39 is 11.9 Å². The van der Waals surface area contributed by atoms with Crippen molar-refractivity contribution >= 4 is 76.1 Å². The molecular formula is C68H74Cl3N11O9. The van der Waals surface area contributed by atoms with Crippen molar-refractivity contribution < 1.29 is 43.3 Å². The van der Waals surface area contributed by atoms with Crippen LogP contribution in [0.2, 0.25) is 15.1 Å². The molecule has 11 rings (SSSR count). The van der Waals surface area contributed by atoms with Crippen LogP contribution in [0.25, 0.3) is 0 Å². The van der Waals surface area contributed by atoms with Gasteiger partial charge in [-0.15, -0.1) is 0 Å². The van der Waals surface area contributed by atoms with Crippen molar-refractivity contribution in [3.05, 3.63) is 243 Å². The smallest absolute Gasteiger partial charge is 0.374 e. The van der Waals surface area contributed by atoms with Gasteiger partial charge in [-0.05, 0) is 117 Å². The maximum absolute atomic E-state index is 13.0. The molecule has 0 unspecified atom stereocenters. The molecule has 91 heavy (non-hydrogen) atoms. The normalized spacial score (nSPS) is 13.4. The molecule has 0 bridgehead atoms. The summed E-state index contributed by atoms with van der Waals surface area (Å²) in [6.45, 7) is 10.1. The SMILES string of the molecule is CCOC(=O)C1=NC=CC1.CCOC(=O)c1nccn1Cc1ccc(Cl)cc1.O=C(NCc1ccccc1)C1CCN(C(=O)c2nccn2Cc2ccc(Cl)cc2)CC1.O=C(NCc1ccccc1)C1CCNCC1.O=C(O)c1nccn1Cc1ccc(Cl)cc1. The van der Waals surface area contributed by atoms with E-state index in [0.29, 0.717) is 111 Å². The number of hydrogen-bond donors (Lipinski definition) is 4. The van der Waals surface area contributed by atoms with Crippen molar-refractivity contribution in [2.45, 2.75) is 78.7 Å². The Balaban J connectivity index is 0.000000170. The largest absolute Gasteiger partial charge is 0.475 e. The molecule has 5 aromatic carbocycles. The molecule has 23 heteroatoms. The van der Waals surface area contributed by atoms with Crippen LogP contribution in [0, 0.1) is 11.8 Å². The lowest BCUT2D eigenvalue weighted by Gasteiger charge is -2.31. The number of benzene rings is 5. The number of carboxylic acids is 1. The minimum atomic E-state index is -1.03. The van der Waals surface area contributed by atoms with Gasteiger partial charge in [0, 0.05) is 123 Å². The van der Waals surface area contributed by atoms with E-state index in [1.165, 1.54) is 6.20 Å². The highest BCUT2D eigenvalue weighted by Gasteiger charge is 2.30. The Morgan fingerprint density at radius 3 is 1.36 bits per heavy atom. The van der Waals surface area contributed by atoms with Crippen molar-refractivity contribution in [1.82, 2.24) is 49.5 Å². The van der Waals surface area contributed by atoms with Gasteiger partial charge in [0.25, 0.3) is 5.91 Å². The molecule has 3 aliphatic heterocycles. The third kappa shape index (κ3) is 23.0. The Morgan fingerprint density at radius 2 is 0.934 bits per heavy atom. The van der Waals surface area contributed by atoms with Gasteiger partial charge >= 0.3 is 17.9 Å². The molecule has 8 aromatic rings. The third-order valence-corrected chi connectivity index (χ3v) is 15.2. The fourth-order valence-corrected chi connectivity index (χ4v) is 9.97. The summed E-state index contributed by atoms with van der Waals surface area (Å²) in [4.78, 5) is 88.4. The monoisotopic (exact) mass is 1290 g/mol. The summed E-state index contributed by atoms with van der Waals surface area (Å²) < 4.78 is 14.8. The molecule has 0 radical (unpaired) electrons. The number of aromatic carboxylic acids is 1. The van der Waals surface area contributed by atoms with E-state index in [4.69, 9.17) is 49.4 Å². The topological polar surface area (TPSA) is 246 Å². The van der Waals surface area contributed by atoms with E-state index in [1.807, 2.05) is 138 Å². The van der Waals surface area contributed by atoms with Crippen molar-refractivity contribution in [3.8, 4) is 0 Å². The Kier molecular flexibility index (Phi) is 28.2. The van der Waals surface area contributed by atoms with Crippen molar-refractivity contribution in [3.63, 3.8) is 0 Å². The van der Waals surface area contributed by atoms with Gasteiger partial charge in [-0.1, -0.05) is 138 Å². The molecule has 0 aliphatic carbocycles. The van der Waals surface area contributed by atoms with Crippen LogP contribution >= 0.6 is 34.8 Å². The predicted molar refractivity (Wildman–Crippen MR) is 350 cm³/mol. The van der Waals surface area contributed by atoms with Crippen molar-refractivity contribution in [1.29, 1.82) is 0 Å². The van der Waals surface area contributed by atoms with Gasteiger partial charge in [0.1, 0.15) is 5.71 Å². The van der Waals surface area contributed by atoms with Gasteiger partial charge < -0.3 is 49.1 Å². The van der Waals surface area contributed by atoms with E-state index in [-0.39, 0.29) is 41.4 Å². The Labute approximate surface area is 544 Å². The predicted octanol–water partition coefficient (Wildman–Crippen LogP) is 11.0. The second-order valence-corrected chi connectivity index (χ2v) is 22.2. The van der Waals surface area contributed by atoms with Gasteiger partial charge in [0.15, 0.2) is 5.82 Å². The maximum atomic E-state index is 13.0. The molecule has 3 aliphatic rings. The molecule has 2 fully saturated rings.